The van der Waals surface area contributed by atoms with Crippen LogP contribution in [-0.2, 0) is 10.0 Å². The molecule has 4 nitrogen and oxygen atoms in total. The molecule has 92 valence electrons. The molecule has 0 aromatic carbocycles. The lowest BCUT2D eigenvalue weighted by molar-refractivity contribution is 0.406. The van der Waals surface area contributed by atoms with Crippen LogP contribution >= 0.6 is 0 Å². The number of nitrogens with one attached hydrogen (secondary N) is 2. The zero-order chi connectivity index (χ0) is 12.1. The molecule has 0 aromatic rings. The van der Waals surface area contributed by atoms with Gasteiger partial charge in [0, 0.05) is 13.1 Å². The molecule has 5 heteroatoms. The molecule has 15 heavy (non-hydrogen) atoms. The van der Waals surface area contributed by atoms with Crippen LogP contribution in [0, 0.1) is 5.41 Å². The average molecular weight is 236 g/mol. The van der Waals surface area contributed by atoms with Gasteiger partial charge in [-0.05, 0) is 18.9 Å². The second-order valence-corrected chi connectivity index (χ2v) is 7.23. The maximum absolute atomic E-state index is 11.7. The lowest BCUT2D eigenvalue weighted by Crippen LogP contribution is -2.41. The molecule has 1 atom stereocenters. The number of sulfonamides is 1. The first-order chi connectivity index (χ1) is 6.69. The monoisotopic (exact) mass is 236 g/mol. The molecule has 0 heterocycles. The molecule has 0 rings (SSSR count). The van der Waals surface area contributed by atoms with Crippen LogP contribution in [0.3, 0.4) is 0 Å². The van der Waals surface area contributed by atoms with E-state index < -0.39 is 10.0 Å². The Balaban J connectivity index is 4.18. The van der Waals surface area contributed by atoms with Crippen LogP contribution in [0.1, 0.15) is 34.6 Å². The summed E-state index contributed by atoms with van der Waals surface area (Å²) in [6, 6.07) is 0. The van der Waals surface area contributed by atoms with E-state index in [0.29, 0.717) is 13.1 Å². The van der Waals surface area contributed by atoms with Crippen LogP contribution in [0.15, 0.2) is 0 Å². The molecule has 1 unspecified atom stereocenters. The average Bonchev–Trinajstić information content (AvgIpc) is 2.10. The van der Waals surface area contributed by atoms with Crippen molar-refractivity contribution < 1.29 is 8.42 Å². The van der Waals surface area contributed by atoms with Crippen molar-refractivity contribution in [3.8, 4) is 0 Å². The maximum atomic E-state index is 11.7. The van der Waals surface area contributed by atoms with Gasteiger partial charge in [-0.15, -0.1) is 0 Å². The first-order valence-electron chi connectivity index (χ1n) is 5.38. The molecule has 2 N–H and O–H groups in total. The van der Waals surface area contributed by atoms with E-state index >= 15 is 0 Å². The van der Waals surface area contributed by atoms with Gasteiger partial charge in [0.2, 0.25) is 10.0 Å². The van der Waals surface area contributed by atoms with Crippen LogP contribution in [0.25, 0.3) is 0 Å². The quantitative estimate of drug-likeness (QED) is 0.722. The lowest BCUT2D eigenvalue weighted by atomic mass is 9.98. The lowest BCUT2D eigenvalue weighted by Gasteiger charge is -2.21. The van der Waals surface area contributed by atoms with Crippen molar-refractivity contribution in [1.29, 1.82) is 0 Å². The second kappa shape index (κ2) is 5.82. The fourth-order valence-corrected chi connectivity index (χ4v) is 2.17. The maximum Gasteiger partial charge on any atom is 0.215 e. The van der Waals surface area contributed by atoms with Crippen LogP contribution in [-0.4, -0.2) is 33.3 Å². The molecule has 0 saturated carbocycles. The molecule has 0 aromatic heterocycles. The van der Waals surface area contributed by atoms with Crippen LogP contribution in [0.5, 0.6) is 0 Å². The Kier molecular flexibility index (Phi) is 5.77. The minimum Gasteiger partial charge on any atom is -0.316 e. The van der Waals surface area contributed by atoms with Gasteiger partial charge in [-0.2, -0.15) is 0 Å². The minimum absolute atomic E-state index is 0.0228. The van der Waals surface area contributed by atoms with E-state index in [1.54, 1.807) is 6.92 Å². The zero-order valence-electron chi connectivity index (χ0n) is 10.4. The van der Waals surface area contributed by atoms with E-state index in [2.05, 4.69) is 10.0 Å². The van der Waals surface area contributed by atoms with Gasteiger partial charge in [-0.25, -0.2) is 13.1 Å². The fraction of sp³-hybridized carbons (Fsp3) is 1.00. The summed E-state index contributed by atoms with van der Waals surface area (Å²) in [6.45, 7) is 11.5. The SMILES string of the molecule is CCNCC(C)S(=O)(=O)NCC(C)(C)C. The first-order valence-corrected chi connectivity index (χ1v) is 6.93. The van der Waals surface area contributed by atoms with Crippen LogP contribution in [0.4, 0.5) is 0 Å². The molecule has 0 bridgehead atoms. The number of hydrogen-bond donors (Lipinski definition) is 2. The highest BCUT2D eigenvalue weighted by molar-refractivity contribution is 7.90. The van der Waals surface area contributed by atoms with E-state index in [1.807, 2.05) is 27.7 Å². The molecule has 0 aliphatic rings. The van der Waals surface area contributed by atoms with E-state index in [9.17, 15) is 8.42 Å². The molecule has 0 amide bonds. The molecule has 0 radical (unpaired) electrons. The summed E-state index contributed by atoms with van der Waals surface area (Å²) in [5.74, 6) is 0. The third-order valence-corrected chi connectivity index (χ3v) is 3.79. The fourth-order valence-electron chi connectivity index (χ4n) is 0.917. The number of hydrogen-bond acceptors (Lipinski definition) is 3. The van der Waals surface area contributed by atoms with Crippen molar-refractivity contribution in [1.82, 2.24) is 10.0 Å². The Bertz CT molecular complexity index is 268. The Labute approximate surface area is 93.9 Å². The third-order valence-electron chi connectivity index (χ3n) is 2.02. The summed E-state index contributed by atoms with van der Waals surface area (Å²) in [4.78, 5) is 0. The smallest absolute Gasteiger partial charge is 0.215 e. The van der Waals surface area contributed by atoms with Gasteiger partial charge in [-0.1, -0.05) is 27.7 Å². The Hall–Kier alpha value is -0.130. The van der Waals surface area contributed by atoms with E-state index in [4.69, 9.17) is 0 Å². The highest BCUT2D eigenvalue weighted by Crippen LogP contribution is 2.11. The van der Waals surface area contributed by atoms with E-state index in [1.165, 1.54) is 0 Å². The predicted molar refractivity (Wildman–Crippen MR) is 64.4 cm³/mol. The topological polar surface area (TPSA) is 58.2 Å². The van der Waals surface area contributed by atoms with Crippen molar-refractivity contribution in [3.05, 3.63) is 0 Å². The molecule has 0 aliphatic carbocycles. The summed E-state index contributed by atoms with van der Waals surface area (Å²) in [5, 5.41) is 2.64. The standard InChI is InChI=1S/C10H24N2O2S/c1-6-11-7-9(2)15(13,14)12-8-10(3,4)5/h9,11-12H,6-8H2,1-5H3. The highest BCUT2D eigenvalue weighted by Gasteiger charge is 2.22. The molecule has 0 aliphatic heterocycles. The minimum atomic E-state index is -3.18. The Morgan fingerprint density at radius 2 is 1.80 bits per heavy atom. The first kappa shape index (κ1) is 14.9. The summed E-state index contributed by atoms with van der Waals surface area (Å²) in [6.07, 6.45) is 0. The normalized spacial score (nSPS) is 15.3. The van der Waals surface area contributed by atoms with Gasteiger partial charge in [0.25, 0.3) is 0 Å². The van der Waals surface area contributed by atoms with Crippen molar-refractivity contribution in [2.45, 2.75) is 39.9 Å². The van der Waals surface area contributed by atoms with Gasteiger partial charge >= 0.3 is 0 Å². The van der Waals surface area contributed by atoms with Gasteiger partial charge in [0.1, 0.15) is 0 Å². The van der Waals surface area contributed by atoms with Crippen molar-refractivity contribution in [3.63, 3.8) is 0 Å². The van der Waals surface area contributed by atoms with Crippen molar-refractivity contribution in [2.75, 3.05) is 19.6 Å². The summed E-state index contributed by atoms with van der Waals surface area (Å²) in [7, 11) is -3.18. The summed E-state index contributed by atoms with van der Waals surface area (Å²) in [5.41, 5.74) is -0.0228. The second-order valence-electron chi connectivity index (χ2n) is 5.05. The van der Waals surface area contributed by atoms with Gasteiger partial charge in [0.05, 0.1) is 5.25 Å². The molecular formula is C10H24N2O2S. The van der Waals surface area contributed by atoms with Crippen molar-refractivity contribution in [2.24, 2.45) is 5.41 Å². The van der Waals surface area contributed by atoms with Gasteiger partial charge in [-0.3, -0.25) is 0 Å². The van der Waals surface area contributed by atoms with E-state index in [-0.39, 0.29) is 10.7 Å². The number of rotatable bonds is 6. The Morgan fingerprint density at radius 3 is 2.20 bits per heavy atom. The molecular weight excluding hydrogens is 212 g/mol. The largest absolute Gasteiger partial charge is 0.316 e. The Morgan fingerprint density at radius 1 is 1.27 bits per heavy atom. The molecule has 0 saturated heterocycles. The van der Waals surface area contributed by atoms with Crippen molar-refractivity contribution >= 4 is 10.0 Å². The molecule has 0 fully saturated rings. The third kappa shape index (κ3) is 6.87. The zero-order valence-corrected chi connectivity index (χ0v) is 11.2. The summed E-state index contributed by atoms with van der Waals surface area (Å²) < 4.78 is 26.1. The van der Waals surface area contributed by atoms with Gasteiger partial charge in [0.15, 0.2) is 0 Å². The molecule has 0 spiro atoms. The van der Waals surface area contributed by atoms with Gasteiger partial charge < -0.3 is 5.32 Å². The highest BCUT2D eigenvalue weighted by atomic mass is 32.2. The van der Waals surface area contributed by atoms with E-state index in [0.717, 1.165) is 6.54 Å². The van der Waals surface area contributed by atoms with Crippen LogP contribution < -0.4 is 10.0 Å². The summed E-state index contributed by atoms with van der Waals surface area (Å²) >= 11 is 0. The van der Waals surface area contributed by atoms with Crippen LogP contribution in [0.2, 0.25) is 0 Å². The predicted octanol–water partition coefficient (Wildman–Crippen LogP) is 0.950.